The lowest BCUT2D eigenvalue weighted by Crippen LogP contribution is -2.22. The quantitative estimate of drug-likeness (QED) is 0.671. The van der Waals surface area contributed by atoms with Crippen molar-refractivity contribution in [2.45, 2.75) is 18.4 Å². The van der Waals surface area contributed by atoms with Gasteiger partial charge in [0, 0.05) is 24.4 Å². The fourth-order valence-electron chi connectivity index (χ4n) is 2.14. The number of sulfonamides is 1. The van der Waals surface area contributed by atoms with Gasteiger partial charge in [-0.2, -0.15) is 8.78 Å². The predicted octanol–water partition coefficient (Wildman–Crippen LogP) is 3.24. The molecule has 0 saturated carbocycles. The van der Waals surface area contributed by atoms with Gasteiger partial charge in [-0.05, 0) is 35.9 Å². The lowest BCUT2D eigenvalue weighted by molar-refractivity contribution is -0.111. The van der Waals surface area contributed by atoms with Gasteiger partial charge >= 0.3 is 6.61 Å². The van der Waals surface area contributed by atoms with Gasteiger partial charge in [-0.1, -0.05) is 25.1 Å². The zero-order chi connectivity index (χ0) is 19.9. The summed E-state index contributed by atoms with van der Waals surface area (Å²) in [5, 5.41) is 2.52. The van der Waals surface area contributed by atoms with Crippen LogP contribution in [0.3, 0.4) is 0 Å². The van der Waals surface area contributed by atoms with Crippen LogP contribution in [0.25, 0.3) is 6.08 Å². The molecule has 0 radical (unpaired) electrons. The Morgan fingerprint density at radius 1 is 1.19 bits per heavy atom. The van der Waals surface area contributed by atoms with E-state index in [2.05, 4.69) is 14.8 Å². The minimum absolute atomic E-state index is 0.0655. The average molecular weight is 396 g/mol. The number of benzene rings is 2. The maximum Gasteiger partial charge on any atom is 0.387 e. The fourth-order valence-corrected chi connectivity index (χ4v) is 3.18. The van der Waals surface area contributed by atoms with Crippen LogP contribution >= 0.6 is 0 Å². The minimum Gasteiger partial charge on any atom is -0.435 e. The Labute approximate surface area is 155 Å². The van der Waals surface area contributed by atoms with Gasteiger partial charge < -0.3 is 10.1 Å². The highest BCUT2D eigenvalue weighted by atomic mass is 32.2. The molecule has 0 aliphatic heterocycles. The van der Waals surface area contributed by atoms with Crippen molar-refractivity contribution >= 4 is 27.7 Å². The largest absolute Gasteiger partial charge is 0.435 e. The summed E-state index contributed by atoms with van der Waals surface area (Å²) < 4.78 is 54.8. The van der Waals surface area contributed by atoms with Crippen LogP contribution in [0.1, 0.15) is 12.5 Å². The van der Waals surface area contributed by atoms with Gasteiger partial charge in [-0.15, -0.1) is 0 Å². The van der Waals surface area contributed by atoms with E-state index in [1.54, 1.807) is 19.1 Å². The van der Waals surface area contributed by atoms with E-state index in [9.17, 15) is 22.0 Å². The third-order valence-electron chi connectivity index (χ3n) is 3.28. The first-order valence-corrected chi connectivity index (χ1v) is 9.42. The van der Waals surface area contributed by atoms with Crippen molar-refractivity contribution in [1.82, 2.24) is 4.72 Å². The van der Waals surface area contributed by atoms with Gasteiger partial charge in [-0.25, -0.2) is 13.1 Å². The van der Waals surface area contributed by atoms with Crippen LogP contribution in [0.4, 0.5) is 14.5 Å². The van der Waals surface area contributed by atoms with Crippen molar-refractivity contribution in [3.05, 3.63) is 60.2 Å². The van der Waals surface area contributed by atoms with Gasteiger partial charge in [0.1, 0.15) is 5.75 Å². The van der Waals surface area contributed by atoms with E-state index in [1.807, 2.05) is 0 Å². The maximum absolute atomic E-state index is 12.2. The van der Waals surface area contributed by atoms with E-state index in [-0.39, 0.29) is 17.2 Å². The Morgan fingerprint density at radius 2 is 1.89 bits per heavy atom. The highest BCUT2D eigenvalue weighted by Crippen LogP contribution is 2.19. The third-order valence-corrected chi connectivity index (χ3v) is 4.84. The topological polar surface area (TPSA) is 84.5 Å². The van der Waals surface area contributed by atoms with E-state index < -0.39 is 22.5 Å². The van der Waals surface area contributed by atoms with Crippen LogP contribution < -0.4 is 14.8 Å². The van der Waals surface area contributed by atoms with Gasteiger partial charge in [0.15, 0.2) is 0 Å². The molecule has 2 aromatic carbocycles. The molecule has 0 bridgehead atoms. The number of hydrogen-bond acceptors (Lipinski definition) is 4. The molecular weight excluding hydrogens is 378 g/mol. The summed E-state index contributed by atoms with van der Waals surface area (Å²) >= 11 is 0. The van der Waals surface area contributed by atoms with E-state index in [1.165, 1.54) is 48.6 Å². The Hall–Kier alpha value is -2.78. The number of ether oxygens (including phenoxy) is 1. The molecule has 0 aromatic heterocycles. The molecule has 144 valence electrons. The smallest absolute Gasteiger partial charge is 0.387 e. The third kappa shape index (κ3) is 6.46. The maximum atomic E-state index is 12.2. The molecule has 2 aromatic rings. The number of halogens is 2. The van der Waals surface area contributed by atoms with E-state index in [0.717, 1.165) is 0 Å². The molecule has 6 nitrogen and oxygen atoms in total. The number of carbonyl (C=O) groups excluding carboxylic acids is 1. The summed E-state index contributed by atoms with van der Waals surface area (Å²) in [5.74, 6) is -0.544. The first-order valence-electron chi connectivity index (χ1n) is 7.94. The summed E-state index contributed by atoms with van der Waals surface area (Å²) in [6, 6.07) is 11.6. The lowest BCUT2D eigenvalue weighted by atomic mass is 10.2. The normalized spacial score (nSPS) is 11.7. The summed E-state index contributed by atoms with van der Waals surface area (Å²) in [4.78, 5) is 12.1. The molecule has 0 atom stereocenters. The standard InChI is InChI=1S/C18H18F2N2O4S/c1-2-21-27(24,25)16-9-6-13(7-10-16)8-11-17(23)22-14-4-3-5-15(12-14)26-18(19)20/h3-12,18,21H,2H2,1H3,(H,22,23)/b11-8+. The van der Waals surface area contributed by atoms with Crippen LogP contribution in [-0.4, -0.2) is 27.5 Å². The van der Waals surface area contributed by atoms with Crippen molar-refractivity contribution in [2.24, 2.45) is 0 Å². The van der Waals surface area contributed by atoms with E-state index in [4.69, 9.17) is 0 Å². The van der Waals surface area contributed by atoms with Crippen LogP contribution in [-0.2, 0) is 14.8 Å². The molecule has 0 aliphatic rings. The second-order valence-electron chi connectivity index (χ2n) is 5.30. The van der Waals surface area contributed by atoms with E-state index in [0.29, 0.717) is 11.3 Å². The number of alkyl halides is 2. The van der Waals surface area contributed by atoms with Crippen LogP contribution in [0.5, 0.6) is 5.75 Å². The molecule has 0 saturated heterocycles. The molecule has 0 aliphatic carbocycles. The second kappa shape index (κ2) is 9.24. The number of nitrogens with one attached hydrogen (secondary N) is 2. The van der Waals surface area contributed by atoms with Gasteiger partial charge in [0.2, 0.25) is 15.9 Å². The summed E-state index contributed by atoms with van der Waals surface area (Å²) in [6.45, 7) is -0.980. The zero-order valence-corrected chi connectivity index (χ0v) is 15.2. The summed E-state index contributed by atoms with van der Waals surface area (Å²) in [6.07, 6.45) is 2.74. The lowest BCUT2D eigenvalue weighted by Gasteiger charge is -2.07. The molecule has 9 heteroatoms. The van der Waals surface area contributed by atoms with Crippen LogP contribution in [0.15, 0.2) is 59.5 Å². The summed E-state index contributed by atoms with van der Waals surface area (Å²) in [5.41, 5.74) is 0.922. The highest BCUT2D eigenvalue weighted by Gasteiger charge is 2.11. The summed E-state index contributed by atoms with van der Waals surface area (Å²) in [7, 11) is -3.53. The molecule has 2 N–H and O–H groups in total. The molecule has 0 fully saturated rings. The van der Waals surface area contributed by atoms with Crippen LogP contribution in [0, 0.1) is 0 Å². The molecular formula is C18H18F2N2O4S. The molecule has 0 heterocycles. The molecule has 0 spiro atoms. The molecule has 27 heavy (non-hydrogen) atoms. The number of anilines is 1. The number of carbonyl (C=O) groups is 1. The Morgan fingerprint density at radius 3 is 2.52 bits per heavy atom. The first-order chi connectivity index (χ1) is 12.8. The van der Waals surface area contributed by atoms with Gasteiger partial charge in [0.25, 0.3) is 0 Å². The number of rotatable bonds is 8. The first kappa shape index (κ1) is 20.5. The molecule has 0 unspecified atom stereocenters. The fraction of sp³-hybridized carbons (Fsp3) is 0.167. The van der Waals surface area contributed by atoms with Crippen molar-refractivity contribution < 1.29 is 26.7 Å². The zero-order valence-electron chi connectivity index (χ0n) is 14.4. The monoisotopic (exact) mass is 396 g/mol. The van der Waals surface area contributed by atoms with Gasteiger partial charge in [-0.3, -0.25) is 4.79 Å². The van der Waals surface area contributed by atoms with E-state index >= 15 is 0 Å². The second-order valence-corrected chi connectivity index (χ2v) is 7.07. The Bertz CT molecular complexity index is 913. The average Bonchev–Trinajstić information content (AvgIpc) is 2.60. The predicted molar refractivity (Wildman–Crippen MR) is 98.0 cm³/mol. The number of amides is 1. The highest BCUT2D eigenvalue weighted by molar-refractivity contribution is 7.89. The van der Waals surface area contributed by atoms with Crippen LogP contribution in [0.2, 0.25) is 0 Å². The SMILES string of the molecule is CCNS(=O)(=O)c1ccc(/C=C/C(=O)Nc2cccc(OC(F)F)c2)cc1. The van der Waals surface area contributed by atoms with Gasteiger partial charge in [0.05, 0.1) is 4.90 Å². The minimum atomic E-state index is -3.53. The molecule has 2 rings (SSSR count). The molecule has 1 amide bonds. The van der Waals surface area contributed by atoms with Crippen molar-refractivity contribution in [1.29, 1.82) is 0 Å². The number of hydrogen-bond donors (Lipinski definition) is 2. The Balaban J connectivity index is 2.00. The van der Waals surface area contributed by atoms with Crippen molar-refractivity contribution in [2.75, 3.05) is 11.9 Å². The van der Waals surface area contributed by atoms with Crippen molar-refractivity contribution in [3.8, 4) is 5.75 Å². The van der Waals surface area contributed by atoms with Crippen molar-refractivity contribution in [3.63, 3.8) is 0 Å². The Kier molecular flexibility index (Phi) is 7.03.